The summed E-state index contributed by atoms with van der Waals surface area (Å²) in [6, 6.07) is 5.81. The van der Waals surface area contributed by atoms with Gasteiger partial charge in [-0.1, -0.05) is 18.2 Å². The molecule has 2 N–H and O–H groups in total. The van der Waals surface area contributed by atoms with Crippen LogP contribution in [0.15, 0.2) is 18.2 Å². The van der Waals surface area contributed by atoms with E-state index in [2.05, 4.69) is 10.6 Å². The highest BCUT2D eigenvalue weighted by Crippen LogP contribution is 2.20. The van der Waals surface area contributed by atoms with E-state index in [1.807, 2.05) is 32.0 Å². The van der Waals surface area contributed by atoms with Crippen molar-refractivity contribution in [1.29, 1.82) is 0 Å². The molecule has 0 saturated heterocycles. The van der Waals surface area contributed by atoms with Gasteiger partial charge in [0.1, 0.15) is 5.54 Å². The van der Waals surface area contributed by atoms with E-state index in [9.17, 15) is 9.59 Å². The van der Waals surface area contributed by atoms with Gasteiger partial charge < -0.3 is 10.6 Å². The normalized spacial score (nSPS) is 10.8. The summed E-state index contributed by atoms with van der Waals surface area (Å²) in [5, 5.41) is 5.33. The number of benzene rings is 1. The van der Waals surface area contributed by atoms with Gasteiger partial charge in [-0.05, 0) is 38.8 Å². The molecule has 1 rings (SSSR count). The summed E-state index contributed by atoms with van der Waals surface area (Å²) in [4.78, 5) is 22.4. The monoisotopic (exact) mass is 234 g/mol. The summed E-state index contributed by atoms with van der Waals surface area (Å²) in [6.45, 7) is 7.18. The van der Waals surface area contributed by atoms with Gasteiger partial charge in [0.25, 0.3) is 0 Å². The third kappa shape index (κ3) is 3.06. The van der Waals surface area contributed by atoms with E-state index in [-0.39, 0.29) is 5.91 Å². The predicted octanol–water partition coefficient (Wildman–Crippen LogP) is 1.77. The van der Waals surface area contributed by atoms with Crippen LogP contribution in [-0.2, 0) is 9.59 Å². The van der Waals surface area contributed by atoms with Gasteiger partial charge >= 0.3 is 0 Å². The zero-order chi connectivity index (χ0) is 13.1. The molecule has 0 unspecified atom stereocenters. The smallest absolute Gasteiger partial charge is 0.249 e. The summed E-state index contributed by atoms with van der Waals surface area (Å²) in [5.74, 6) is -0.234. The molecule has 0 fully saturated rings. The highest BCUT2D eigenvalue weighted by atomic mass is 16.2. The molecule has 1 aromatic rings. The third-order valence-corrected chi connectivity index (χ3v) is 2.71. The number of nitrogens with one attached hydrogen (secondary N) is 2. The van der Waals surface area contributed by atoms with Gasteiger partial charge in [0.05, 0.1) is 0 Å². The maximum Gasteiger partial charge on any atom is 0.249 e. The Morgan fingerprint density at radius 1 is 1.24 bits per heavy atom. The number of anilines is 1. The van der Waals surface area contributed by atoms with Crippen molar-refractivity contribution in [3.05, 3.63) is 29.3 Å². The number of para-hydroxylation sites is 1. The van der Waals surface area contributed by atoms with Crippen LogP contribution in [0.5, 0.6) is 0 Å². The largest absolute Gasteiger partial charge is 0.345 e. The summed E-state index contributed by atoms with van der Waals surface area (Å²) in [6.07, 6.45) is 0.532. The lowest BCUT2D eigenvalue weighted by molar-refractivity contribution is -0.124. The SMILES string of the molecule is Cc1cccc(C)c1NC(=O)C(C)(C)NC=O. The lowest BCUT2D eigenvalue weighted by Crippen LogP contribution is -2.49. The Bertz CT molecular complexity index is 419. The topological polar surface area (TPSA) is 58.2 Å². The molecule has 4 heteroatoms. The van der Waals surface area contributed by atoms with E-state index in [1.165, 1.54) is 0 Å². The number of rotatable bonds is 4. The first-order chi connectivity index (χ1) is 7.88. The van der Waals surface area contributed by atoms with Gasteiger partial charge in [-0.25, -0.2) is 0 Å². The summed E-state index contributed by atoms with van der Waals surface area (Å²) in [5.41, 5.74) is 1.88. The van der Waals surface area contributed by atoms with Gasteiger partial charge in [-0.2, -0.15) is 0 Å². The average molecular weight is 234 g/mol. The van der Waals surface area contributed by atoms with Crippen molar-refractivity contribution in [3.8, 4) is 0 Å². The van der Waals surface area contributed by atoms with E-state index in [0.29, 0.717) is 6.41 Å². The van der Waals surface area contributed by atoms with Crippen LogP contribution < -0.4 is 10.6 Å². The van der Waals surface area contributed by atoms with Gasteiger partial charge in [0, 0.05) is 5.69 Å². The van der Waals surface area contributed by atoms with Crippen LogP contribution in [0, 0.1) is 13.8 Å². The summed E-state index contributed by atoms with van der Waals surface area (Å²) in [7, 11) is 0. The van der Waals surface area contributed by atoms with Crippen LogP contribution in [-0.4, -0.2) is 17.9 Å². The fourth-order valence-electron chi connectivity index (χ4n) is 1.49. The van der Waals surface area contributed by atoms with Crippen molar-refractivity contribution < 1.29 is 9.59 Å². The van der Waals surface area contributed by atoms with Crippen LogP contribution in [0.1, 0.15) is 25.0 Å². The second-order valence-electron chi connectivity index (χ2n) is 4.61. The quantitative estimate of drug-likeness (QED) is 0.780. The Kier molecular flexibility index (Phi) is 3.89. The van der Waals surface area contributed by atoms with Crippen LogP contribution in [0.2, 0.25) is 0 Å². The molecule has 0 radical (unpaired) electrons. The molecule has 0 atom stereocenters. The minimum absolute atomic E-state index is 0.234. The molecule has 0 aliphatic heterocycles. The minimum Gasteiger partial charge on any atom is -0.345 e. The van der Waals surface area contributed by atoms with E-state index < -0.39 is 5.54 Å². The second-order valence-corrected chi connectivity index (χ2v) is 4.61. The highest BCUT2D eigenvalue weighted by molar-refractivity contribution is 5.99. The van der Waals surface area contributed by atoms with Crippen LogP contribution in [0.3, 0.4) is 0 Å². The summed E-state index contributed by atoms with van der Waals surface area (Å²) < 4.78 is 0. The molecular formula is C13H18N2O2. The van der Waals surface area contributed by atoms with Crippen molar-refractivity contribution in [2.45, 2.75) is 33.2 Å². The zero-order valence-electron chi connectivity index (χ0n) is 10.6. The molecule has 0 bridgehead atoms. The fourth-order valence-corrected chi connectivity index (χ4v) is 1.49. The van der Waals surface area contributed by atoms with Crippen LogP contribution in [0.4, 0.5) is 5.69 Å². The molecule has 0 spiro atoms. The number of carbonyl (C=O) groups is 2. The molecule has 92 valence electrons. The van der Waals surface area contributed by atoms with Gasteiger partial charge in [-0.3, -0.25) is 9.59 Å². The highest BCUT2D eigenvalue weighted by Gasteiger charge is 2.27. The van der Waals surface area contributed by atoms with Crippen molar-refractivity contribution in [2.75, 3.05) is 5.32 Å². The molecule has 17 heavy (non-hydrogen) atoms. The van der Waals surface area contributed by atoms with Crippen molar-refractivity contribution in [2.24, 2.45) is 0 Å². The number of amides is 2. The Labute approximate surface area is 101 Å². The maximum absolute atomic E-state index is 12.0. The second kappa shape index (κ2) is 4.99. The van der Waals surface area contributed by atoms with Gasteiger partial charge in [0.2, 0.25) is 12.3 Å². The van der Waals surface area contributed by atoms with Crippen molar-refractivity contribution >= 4 is 18.0 Å². The molecule has 0 heterocycles. The Morgan fingerprint density at radius 3 is 2.24 bits per heavy atom. The molecule has 0 aliphatic rings. The zero-order valence-corrected chi connectivity index (χ0v) is 10.6. The molecule has 0 aromatic heterocycles. The average Bonchev–Trinajstić information content (AvgIpc) is 2.23. The molecule has 2 amide bonds. The first kappa shape index (κ1) is 13.2. The third-order valence-electron chi connectivity index (χ3n) is 2.71. The molecule has 0 saturated carbocycles. The van der Waals surface area contributed by atoms with Crippen molar-refractivity contribution in [3.63, 3.8) is 0 Å². The van der Waals surface area contributed by atoms with E-state index >= 15 is 0 Å². The predicted molar refractivity (Wildman–Crippen MR) is 67.8 cm³/mol. The number of hydrogen-bond acceptors (Lipinski definition) is 2. The fraction of sp³-hybridized carbons (Fsp3) is 0.385. The Morgan fingerprint density at radius 2 is 1.76 bits per heavy atom. The van der Waals surface area contributed by atoms with Gasteiger partial charge in [0.15, 0.2) is 0 Å². The molecule has 4 nitrogen and oxygen atoms in total. The molecule has 1 aromatic carbocycles. The van der Waals surface area contributed by atoms with Crippen molar-refractivity contribution in [1.82, 2.24) is 5.32 Å². The minimum atomic E-state index is -0.920. The standard InChI is InChI=1S/C13H18N2O2/c1-9-6-5-7-10(2)11(9)15-12(17)13(3,4)14-8-16/h5-8H,1-4H3,(H,14,16)(H,15,17). The first-order valence-electron chi connectivity index (χ1n) is 5.47. The lowest BCUT2D eigenvalue weighted by Gasteiger charge is -2.23. The number of hydrogen-bond donors (Lipinski definition) is 2. The van der Waals surface area contributed by atoms with E-state index in [1.54, 1.807) is 13.8 Å². The van der Waals surface area contributed by atoms with E-state index in [0.717, 1.165) is 16.8 Å². The summed E-state index contributed by atoms with van der Waals surface area (Å²) >= 11 is 0. The molecule has 0 aliphatic carbocycles. The molecular weight excluding hydrogens is 216 g/mol. The number of carbonyl (C=O) groups excluding carboxylic acids is 2. The van der Waals surface area contributed by atoms with Crippen LogP contribution >= 0.6 is 0 Å². The lowest BCUT2D eigenvalue weighted by atomic mass is 10.0. The van der Waals surface area contributed by atoms with E-state index in [4.69, 9.17) is 0 Å². The van der Waals surface area contributed by atoms with Crippen LogP contribution in [0.25, 0.3) is 0 Å². The number of aryl methyl sites for hydroxylation is 2. The maximum atomic E-state index is 12.0. The Hall–Kier alpha value is -1.84. The van der Waals surface area contributed by atoms with Gasteiger partial charge in [-0.15, -0.1) is 0 Å². The Balaban J connectivity index is 2.92. The first-order valence-corrected chi connectivity index (χ1v) is 5.47.